The molecule has 1 heterocycles. The molecule has 2 aromatic rings. The number of amides is 1. The fourth-order valence-electron chi connectivity index (χ4n) is 2.75. The fraction of sp³-hybridized carbons (Fsp3) is 0.158. The van der Waals surface area contributed by atoms with Crippen molar-refractivity contribution in [1.82, 2.24) is 10.6 Å². The first-order chi connectivity index (χ1) is 12.0. The maximum Gasteiger partial charge on any atom is 0.255 e. The second-order valence-corrected chi connectivity index (χ2v) is 7.16. The maximum atomic E-state index is 12.9. The SMILES string of the molecule is CC1=C(C(=O)Nc2ccccc2)[C@H](c2ccc(C)c(Br)c2)NC(=S)N1. The van der Waals surface area contributed by atoms with E-state index in [0.29, 0.717) is 10.7 Å². The number of carbonyl (C=O) groups excluding carboxylic acids is 1. The summed E-state index contributed by atoms with van der Waals surface area (Å²) in [6.07, 6.45) is 0. The Hall–Kier alpha value is -2.18. The van der Waals surface area contributed by atoms with Crippen molar-refractivity contribution in [2.24, 2.45) is 0 Å². The molecule has 0 saturated carbocycles. The topological polar surface area (TPSA) is 53.2 Å². The number of carbonyl (C=O) groups is 1. The Morgan fingerprint density at radius 1 is 1.16 bits per heavy atom. The Morgan fingerprint density at radius 3 is 2.56 bits per heavy atom. The molecule has 1 amide bonds. The zero-order valence-corrected chi connectivity index (χ0v) is 16.3. The Kier molecular flexibility index (Phi) is 5.20. The van der Waals surface area contributed by atoms with Crippen molar-refractivity contribution >= 4 is 44.9 Å². The predicted octanol–water partition coefficient (Wildman–Crippen LogP) is 4.19. The standard InChI is InChI=1S/C19H18BrN3OS/c1-11-8-9-13(10-15(11)20)17-16(12(2)21-19(25)23-17)18(24)22-14-6-4-3-5-7-14/h3-10,17H,1-2H3,(H,22,24)(H2,21,23,25)/t17-/m0/s1. The summed E-state index contributed by atoms with van der Waals surface area (Å²) in [6, 6.07) is 15.1. The van der Waals surface area contributed by atoms with E-state index >= 15 is 0 Å². The van der Waals surface area contributed by atoms with Crippen molar-refractivity contribution in [1.29, 1.82) is 0 Å². The molecule has 0 saturated heterocycles. The van der Waals surface area contributed by atoms with Crippen molar-refractivity contribution in [3.8, 4) is 0 Å². The largest absolute Gasteiger partial charge is 0.351 e. The lowest BCUT2D eigenvalue weighted by Gasteiger charge is -2.30. The molecule has 0 bridgehead atoms. The molecule has 0 fully saturated rings. The van der Waals surface area contributed by atoms with Crippen LogP contribution in [-0.4, -0.2) is 11.0 Å². The summed E-state index contributed by atoms with van der Waals surface area (Å²) in [5.41, 5.74) is 4.23. The molecule has 128 valence electrons. The van der Waals surface area contributed by atoms with Crippen LogP contribution >= 0.6 is 28.1 Å². The van der Waals surface area contributed by atoms with Crippen LogP contribution in [0.25, 0.3) is 0 Å². The predicted molar refractivity (Wildman–Crippen MR) is 108 cm³/mol. The van der Waals surface area contributed by atoms with Gasteiger partial charge in [-0.25, -0.2) is 0 Å². The summed E-state index contributed by atoms with van der Waals surface area (Å²) in [4.78, 5) is 12.9. The van der Waals surface area contributed by atoms with E-state index in [9.17, 15) is 4.79 Å². The molecule has 25 heavy (non-hydrogen) atoms. The van der Waals surface area contributed by atoms with E-state index in [1.54, 1.807) is 0 Å². The first kappa shape index (κ1) is 17.6. The highest BCUT2D eigenvalue weighted by molar-refractivity contribution is 9.10. The second kappa shape index (κ2) is 7.37. The average Bonchev–Trinajstić information content (AvgIpc) is 2.57. The summed E-state index contributed by atoms with van der Waals surface area (Å²) >= 11 is 8.85. The molecule has 3 rings (SSSR count). The highest BCUT2D eigenvalue weighted by Gasteiger charge is 2.30. The lowest BCUT2D eigenvalue weighted by atomic mass is 9.94. The van der Waals surface area contributed by atoms with E-state index in [0.717, 1.165) is 27.0 Å². The first-order valence-corrected chi connectivity index (χ1v) is 9.06. The quantitative estimate of drug-likeness (QED) is 0.657. The third kappa shape index (κ3) is 3.91. The minimum atomic E-state index is -0.311. The zero-order chi connectivity index (χ0) is 18.0. The molecule has 1 aliphatic rings. The zero-order valence-electron chi connectivity index (χ0n) is 13.9. The summed E-state index contributed by atoms with van der Waals surface area (Å²) in [5.74, 6) is -0.159. The highest BCUT2D eigenvalue weighted by atomic mass is 79.9. The molecule has 0 spiro atoms. The molecule has 0 radical (unpaired) electrons. The van der Waals surface area contributed by atoms with E-state index in [-0.39, 0.29) is 11.9 Å². The first-order valence-electron chi connectivity index (χ1n) is 7.86. The van der Waals surface area contributed by atoms with Gasteiger partial charge in [-0.2, -0.15) is 0 Å². The van der Waals surface area contributed by atoms with Crippen LogP contribution in [-0.2, 0) is 4.79 Å². The molecule has 1 atom stereocenters. The van der Waals surface area contributed by atoms with E-state index in [1.807, 2.05) is 62.4 Å². The number of para-hydroxylation sites is 1. The van der Waals surface area contributed by atoms with Gasteiger partial charge < -0.3 is 16.0 Å². The minimum Gasteiger partial charge on any atom is -0.351 e. The van der Waals surface area contributed by atoms with Gasteiger partial charge in [0.15, 0.2) is 5.11 Å². The summed E-state index contributed by atoms with van der Waals surface area (Å²) in [7, 11) is 0. The number of hydrogen-bond acceptors (Lipinski definition) is 2. The van der Waals surface area contributed by atoms with Crippen LogP contribution in [0.4, 0.5) is 5.69 Å². The second-order valence-electron chi connectivity index (χ2n) is 5.90. The number of benzene rings is 2. The van der Waals surface area contributed by atoms with Gasteiger partial charge in [0, 0.05) is 15.9 Å². The number of nitrogens with one attached hydrogen (secondary N) is 3. The van der Waals surface area contributed by atoms with E-state index in [1.165, 1.54) is 0 Å². The van der Waals surface area contributed by atoms with Gasteiger partial charge in [-0.1, -0.05) is 46.3 Å². The van der Waals surface area contributed by atoms with E-state index in [4.69, 9.17) is 12.2 Å². The Balaban J connectivity index is 1.97. The van der Waals surface area contributed by atoms with E-state index < -0.39 is 0 Å². The number of aryl methyl sites for hydroxylation is 1. The van der Waals surface area contributed by atoms with Gasteiger partial charge in [0.05, 0.1) is 11.6 Å². The number of halogens is 1. The minimum absolute atomic E-state index is 0.159. The molecule has 3 N–H and O–H groups in total. The van der Waals surface area contributed by atoms with Gasteiger partial charge in [0.25, 0.3) is 5.91 Å². The number of allylic oxidation sites excluding steroid dienone is 1. The molecule has 6 heteroatoms. The smallest absolute Gasteiger partial charge is 0.255 e. The van der Waals surface area contributed by atoms with Crippen LogP contribution in [0.3, 0.4) is 0 Å². The van der Waals surface area contributed by atoms with Gasteiger partial charge in [-0.3, -0.25) is 4.79 Å². The van der Waals surface area contributed by atoms with Crippen molar-refractivity contribution in [2.45, 2.75) is 19.9 Å². The van der Waals surface area contributed by atoms with Crippen molar-refractivity contribution < 1.29 is 4.79 Å². The van der Waals surface area contributed by atoms with E-state index in [2.05, 4.69) is 31.9 Å². The lowest BCUT2D eigenvalue weighted by molar-refractivity contribution is -0.113. The number of anilines is 1. The molecule has 0 aliphatic carbocycles. The molecule has 0 unspecified atom stereocenters. The molecule has 2 aromatic carbocycles. The third-order valence-electron chi connectivity index (χ3n) is 4.07. The fourth-order valence-corrected chi connectivity index (χ4v) is 3.42. The molecular weight excluding hydrogens is 398 g/mol. The van der Waals surface area contributed by atoms with Gasteiger partial charge in [-0.05, 0) is 55.4 Å². The monoisotopic (exact) mass is 415 g/mol. The normalized spacial score (nSPS) is 16.9. The van der Waals surface area contributed by atoms with Crippen molar-refractivity contribution in [2.75, 3.05) is 5.32 Å². The number of hydrogen-bond donors (Lipinski definition) is 3. The Bertz CT molecular complexity index is 864. The maximum absolute atomic E-state index is 12.9. The van der Waals surface area contributed by atoms with Crippen LogP contribution in [0, 0.1) is 6.92 Å². The number of thiocarbonyl (C=S) groups is 1. The van der Waals surface area contributed by atoms with Gasteiger partial charge in [0.2, 0.25) is 0 Å². The molecule has 0 aromatic heterocycles. The van der Waals surface area contributed by atoms with Crippen LogP contribution < -0.4 is 16.0 Å². The average molecular weight is 416 g/mol. The molecule has 4 nitrogen and oxygen atoms in total. The van der Waals surface area contributed by atoms with Crippen molar-refractivity contribution in [3.05, 3.63) is 75.4 Å². The lowest BCUT2D eigenvalue weighted by Crippen LogP contribution is -2.45. The van der Waals surface area contributed by atoms with Crippen molar-refractivity contribution in [3.63, 3.8) is 0 Å². The van der Waals surface area contributed by atoms with Crippen LogP contribution in [0.2, 0.25) is 0 Å². The summed E-state index contributed by atoms with van der Waals surface area (Å²) in [6.45, 7) is 3.89. The molecular formula is C19H18BrN3OS. The summed E-state index contributed by atoms with van der Waals surface area (Å²) in [5, 5.41) is 9.72. The van der Waals surface area contributed by atoms with Gasteiger partial charge in [0.1, 0.15) is 0 Å². The molecule has 1 aliphatic heterocycles. The van der Waals surface area contributed by atoms with Crippen LogP contribution in [0.1, 0.15) is 24.1 Å². The number of rotatable bonds is 3. The Morgan fingerprint density at radius 2 is 1.88 bits per heavy atom. The van der Waals surface area contributed by atoms with Gasteiger partial charge >= 0.3 is 0 Å². The van der Waals surface area contributed by atoms with Crippen LogP contribution in [0.15, 0.2) is 64.3 Å². The third-order valence-corrected chi connectivity index (χ3v) is 5.15. The summed E-state index contributed by atoms with van der Waals surface area (Å²) < 4.78 is 0.997. The van der Waals surface area contributed by atoms with Gasteiger partial charge in [-0.15, -0.1) is 0 Å². The Labute approximate surface area is 160 Å². The highest BCUT2D eigenvalue weighted by Crippen LogP contribution is 2.30. The van der Waals surface area contributed by atoms with Crippen LogP contribution in [0.5, 0.6) is 0 Å².